The van der Waals surface area contributed by atoms with Crippen molar-refractivity contribution in [2.75, 3.05) is 0 Å². The zero-order valence-electron chi connectivity index (χ0n) is 30.2. The van der Waals surface area contributed by atoms with Gasteiger partial charge in [0.2, 0.25) is 0 Å². The van der Waals surface area contributed by atoms with Crippen LogP contribution >= 0.6 is 0 Å². The van der Waals surface area contributed by atoms with Crippen molar-refractivity contribution in [2.24, 2.45) is 0 Å². The van der Waals surface area contributed by atoms with Gasteiger partial charge in [0.25, 0.3) is 0 Å². The zero-order chi connectivity index (χ0) is 36.8. The second-order valence-electron chi connectivity index (χ2n) is 13.9. The smallest absolute Gasteiger partial charge is 0.164 e. The lowest BCUT2D eigenvalue weighted by Gasteiger charge is -2.13. The first kappa shape index (κ1) is 32.7. The summed E-state index contributed by atoms with van der Waals surface area (Å²) in [6.45, 7) is 6.41. The van der Waals surface area contributed by atoms with Crippen LogP contribution in [-0.4, -0.2) is 19.5 Å². The molecule has 0 bridgehead atoms. The summed E-state index contributed by atoms with van der Waals surface area (Å²) in [4.78, 5) is 14.9. The molecule has 9 rings (SSSR count). The van der Waals surface area contributed by atoms with Gasteiger partial charge in [0.15, 0.2) is 17.5 Å². The Morgan fingerprint density at radius 1 is 0.444 bits per heavy atom. The van der Waals surface area contributed by atoms with E-state index in [1.165, 1.54) is 22.3 Å². The van der Waals surface area contributed by atoms with Crippen LogP contribution in [0.1, 0.15) is 22.3 Å². The summed E-state index contributed by atoms with van der Waals surface area (Å²) in [7, 11) is 0. The van der Waals surface area contributed by atoms with Gasteiger partial charge >= 0.3 is 0 Å². The van der Waals surface area contributed by atoms with Gasteiger partial charge in [0, 0.05) is 27.5 Å². The summed E-state index contributed by atoms with van der Waals surface area (Å²) >= 11 is 0. The molecular formula is C49H35N5. The predicted molar refractivity (Wildman–Crippen MR) is 220 cm³/mol. The number of hydrogen-bond donors (Lipinski definition) is 0. The second kappa shape index (κ2) is 13.4. The van der Waals surface area contributed by atoms with Gasteiger partial charge in [-0.3, -0.25) is 0 Å². The van der Waals surface area contributed by atoms with E-state index in [9.17, 15) is 5.26 Å². The molecule has 0 aliphatic rings. The molecule has 0 saturated carbocycles. The fourth-order valence-corrected chi connectivity index (χ4v) is 7.40. The molecule has 0 aliphatic carbocycles. The first-order valence-corrected chi connectivity index (χ1v) is 18.1. The molecule has 0 radical (unpaired) electrons. The molecule has 0 N–H and O–H groups in total. The highest BCUT2D eigenvalue weighted by molar-refractivity contribution is 6.12. The van der Waals surface area contributed by atoms with Gasteiger partial charge in [-0.2, -0.15) is 5.26 Å². The van der Waals surface area contributed by atoms with E-state index < -0.39 is 0 Å². The van der Waals surface area contributed by atoms with E-state index in [0.717, 1.165) is 60.9 Å². The van der Waals surface area contributed by atoms with Gasteiger partial charge in [-0.1, -0.05) is 126 Å². The van der Waals surface area contributed by atoms with Gasteiger partial charge in [-0.05, 0) is 91.1 Å². The second-order valence-corrected chi connectivity index (χ2v) is 13.9. The Bertz CT molecular complexity index is 2840. The molecule has 0 fully saturated rings. The van der Waals surface area contributed by atoms with Crippen LogP contribution in [0.3, 0.4) is 0 Å². The molecule has 0 spiro atoms. The quantitative estimate of drug-likeness (QED) is 0.174. The van der Waals surface area contributed by atoms with Crippen LogP contribution in [0.5, 0.6) is 0 Å². The van der Waals surface area contributed by atoms with Gasteiger partial charge < -0.3 is 4.57 Å². The van der Waals surface area contributed by atoms with Crippen LogP contribution in [-0.2, 0) is 0 Å². The van der Waals surface area contributed by atoms with Crippen LogP contribution < -0.4 is 0 Å². The molecule has 5 heteroatoms. The Kier molecular flexibility index (Phi) is 8.14. The molecule has 0 atom stereocenters. The molecule has 2 aromatic heterocycles. The summed E-state index contributed by atoms with van der Waals surface area (Å²) in [6, 6.07) is 56.9. The number of nitriles is 1. The topological polar surface area (TPSA) is 67.4 Å². The Labute approximate surface area is 314 Å². The fourth-order valence-electron chi connectivity index (χ4n) is 7.40. The fraction of sp³-hybridized carbons (Fsp3) is 0.0612. The Morgan fingerprint density at radius 3 is 1.56 bits per heavy atom. The van der Waals surface area contributed by atoms with E-state index >= 15 is 0 Å². The van der Waals surface area contributed by atoms with Gasteiger partial charge in [-0.15, -0.1) is 0 Å². The maximum atomic E-state index is 10.6. The van der Waals surface area contributed by atoms with Crippen molar-refractivity contribution in [1.29, 1.82) is 5.26 Å². The Balaban J connectivity index is 1.28. The predicted octanol–water partition coefficient (Wildman–Crippen LogP) is 12.1. The van der Waals surface area contributed by atoms with E-state index in [1.807, 2.05) is 78.9 Å². The lowest BCUT2D eigenvalue weighted by molar-refractivity contribution is 1.07. The number of rotatable bonds is 6. The van der Waals surface area contributed by atoms with E-state index in [0.29, 0.717) is 23.0 Å². The lowest BCUT2D eigenvalue weighted by atomic mass is 9.96. The number of aryl methyl sites for hydroxylation is 3. The highest BCUT2D eigenvalue weighted by Gasteiger charge is 2.20. The van der Waals surface area contributed by atoms with E-state index in [1.54, 1.807) is 0 Å². The minimum atomic E-state index is 0.535. The van der Waals surface area contributed by atoms with Gasteiger partial charge in [0.05, 0.1) is 22.3 Å². The molecular weight excluding hydrogens is 659 g/mol. The Morgan fingerprint density at radius 2 is 0.963 bits per heavy atom. The van der Waals surface area contributed by atoms with Crippen molar-refractivity contribution >= 4 is 21.8 Å². The standard InChI is InChI=1S/C49H35N5/c1-31-14-17-34(18-15-31)37-21-24-44-42(27-37)43-28-38(41-23-16-32(2)26-33(41)3)22-25-45(43)54(44)46-29-39(19-20-40(46)30-50)49-52-47(35-10-6-4-7-11-35)51-48(53-49)36-12-8-5-9-13-36/h4-29H,1-3H3. The number of nitrogens with zero attached hydrogens (tertiary/aromatic N) is 5. The van der Waals surface area contributed by atoms with Crippen LogP contribution in [0.2, 0.25) is 0 Å². The summed E-state index contributed by atoms with van der Waals surface area (Å²) in [5, 5.41) is 12.8. The highest BCUT2D eigenvalue weighted by Crippen LogP contribution is 2.39. The summed E-state index contributed by atoms with van der Waals surface area (Å²) < 4.78 is 2.22. The van der Waals surface area contributed by atoms with E-state index in [2.05, 4.69) is 110 Å². The zero-order valence-corrected chi connectivity index (χ0v) is 30.2. The SMILES string of the molecule is Cc1ccc(-c2ccc3c(c2)c2cc(-c4ccc(C)cc4C)ccc2n3-c2cc(-c3nc(-c4ccccc4)nc(-c4ccccc4)n3)ccc2C#N)cc1. The van der Waals surface area contributed by atoms with Crippen LogP contribution in [0.15, 0.2) is 158 Å². The molecule has 5 nitrogen and oxygen atoms in total. The van der Waals surface area contributed by atoms with Crippen molar-refractivity contribution < 1.29 is 0 Å². The molecule has 0 amide bonds. The van der Waals surface area contributed by atoms with Crippen LogP contribution in [0.25, 0.3) is 83.9 Å². The number of aromatic nitrogens is 4. The molecule has 0 aliphatic heterocycles. The van der Waals surface area contributed by atoms with Crippen molar-refractivity contribution in [1.82, 2.24) is 19.5 Å². The van der Waals surface area contributed by atoms with Crippen LogP contribution in [0, 0.1) is 32.1 Å². The molecule has 0 saturated heterocycles. The average molecular weight is 694 g/mol. The molecule has 9 aromatic rings. The molecule has 54 heavy (non-hydrogen) atoms. The molecule has 0 unspecified atom stereocenters. The number of benzene rings is 7. The summed E-state index contributed by atoms with van der Waals surface area (Å²) in [5.74, 6) is 1.71. The third-order valence-corrected chi connectivity index (χ3v) is 10.2. The van der Waals surface area contributed by atoms with Crippen LogP contribution in [0.4, 0.5) is 0 Å². The Hall–Kier alpha value is -7.16. The summed E-state index contributed by atoms with van der Waals surface area (Å²) in [6.07, 6.45) is 0. The lowest BCUT2D eigenvalue weighted by Crippen LogP contribution is -2.02. The molecule has 2 heterocycles. The maximum absolute atomic E-state index is 10.6. The highest BCUT2D eigenvalue weighted by atomic mass is 15.0. The minimum Gasteiger partial charge on any atom is -0.308 e. The number of fused-ring (bicyclic) bond motifs is 3. The third kappa shape index (κ3) is 5.90. The monoisotopic (exact) mass is 693 g/mol. The largest absolute Gasteiger partial charge is 0.308 e. The first-order chi connectivity index (χ1) is 26.4. The van der Waals surface area contributed by atoms with Crippen molar-refractivity contribution in [3.05, 3.63) is 180 Å². The van der Waals surface area contributed by atoms with Gasteiger partial charge in [0.1, 0.15) is 6.07 Å². The third-order valence-electron chi connectivity index (χ3n) is 10.2. The number of hydrogen-bond acceptors (Lipinski definition) is 4. The van der Waals surface area contributed by atoms with E-state index in [-0.39, 0.29) is 0 Å². The maximum Gasteiger partial charge on any atom is 0.164 e. The normalized spacial score (nSPS) is 11.2. The first-order valence-electron chi connectivity index (χ1n) is 18.1. The molecule has 256 valence electrons. The van der Waals surface area contributed by atoms with Gasteiger partial charge in [-0.25, -0.2) is 15.0 Å². The minimum absolute atomic E-state index is 0.535. The van der Waals surface area contributed by atoms with Crippen molar-refractivity contribution in [2.45, 2.75) is 20.8 Å². The molecule has 7 aromatic carbocycles. The van der Waals surface area contributed by atoms with Crippen molar-refractivity contribution in [3.8, 4) is 68.2 Å². The summed E-state index contributed by atoms with van der Waals surface area (Å²) in [5.41, 5.74) is 14.3. The van der Waals surface area contributed by atoms with Crippen molar-refractivity contribution in [3.63, 3.8) is 0 Å². The van der Waals surface area contributed by atoms with E-state index in [4.69, 9.17) is 15.0 Å². The average Bonchev–Trinajstić information content (AvgIpc) is 3.54.